The van der Waals surface area contributed by atoms with E-state index in [1.165, 1.54) is 18.1 Å². The Morgan fingerprint density at radius 1 is 1.18 bits per heavy atom. The van der Waals surface area contributed by atoms with Crippen LogP contribution in [0.2, 0.25) is 0 Å². The topological polar surface area (TPSA) is 73.8 Å². The number of unbranched alkanes of at least 4 members (excludes halogenated alkanes) is 1. The molecule has 10 heteroatoms. The van der Waals surface area contributed by atoms with Crippen LogP contribution in [0.3, 0.4) is 0 Å². The van der Waals surface area contributed by atoms with Gasteiger partial charge in [0.2, 0.25) is 5.95 Å². The second-order valence-corrected chi connectivity index (χ2v) is 7.73. The van der Waals surface area contributed by atoms with E-state index in [2.05, 4.69) is 34.0 Å². The average Bonchev–Trinajstić information content (AvgIpc) is 2.82. The van der Waals surface area contributed by atoms with Crippen molar-refractivity contribution in [1.82, 2.24) is 14.9 Å². The summed E-state index contributed by atoms with van der Waals surface area (Å²) in [4.78, 5) is 26.8. The summed E-state index contributed by atoms with van der Waals surface area (Å²) in [7, 11) is 1.29. The van der Waals surface area contributed by atoms with E-state index in [4.69, 9.17) is 4.74 Å². The fourth-order valence-electron chi connectivity index (χ4n) is 3.89. The van der Waals surface area contributed by atoms with E-state index in [0.29, 0.717) is 23.9 Å². The summed E-state index contributed by atoms with van der Waals surface area (Å²) in [6, 6.07) is 1.72. The molecule has 33 heavy (non-hydrogen) atoms. The van der Waals surface area contributed by atoms with Crippen molar-refractivity contribution >= 4 is 23.5 Å². The molecule has 0 spiro atoms. The fraction of sp³-hybridized carbons (Fsp3) is 0.522. The van der Waals surface area contributed by atoms with Gasteiger partial charge in [0.1, 0.15) is 17.3 Å². The van der Waals surface area contributed by atoms with E-state index >= 15 is 0 Å². The third kappa shape index (κ3) is 5.32. The highest BCUT2D eigenvalue weighted by atomic mass is 19.1. The molecule has 0 unspecified atom stereocenters. The van der Waals surface area contributed by atoms with Crippen molar-refractivity contribution in [2.75, 3.05) is 55.0 Å². The van der Waals surface area contributed by atoms with Crippen molar-refractivity contribution in [3.05, 3.63) is 35.5 Å². The highest BCUT2D eigenvalue weighted by Gasteiger charge is 2.35. The third-order valence-corrected chi connectivity index (χ3v) is 5.80. The number of nitrogens with zero attached hydrogens (tertiary/aromatic N) is 5. The summed E-state index contributed by atoms with van der Waals surface area (Å²) in [6.07, 6.45) is 3.63. The third-order valence-electron chi connectivity index (χ3n) is 5.80. The molecule has 0 saturated carbocycles. The van der Waals surface area contributed by atoms with Crippen molar-refractivity contribution in [1.29, 1.82) is 0 Å². The van der Waals surface area contributed by atoms with Gasteiger partial charge in [-0.2, -0.15) is 4.98 Å². The van der Waals surface area contributed by atoms with Crippen LogP contribution in [0.4, 0.5) is 31.0 Å². The van der Waals surface area contributed by atoms with Crippen molar-refractivity contribution in [3.8, 4) is 5.75 Å². The highest BCUT2D eigenvalue weighted by Crippen LogP contribution is 2.36. The van der Waals surface area contributed by atoms with Crippen molar-refractivity contribution in [2.24, 2.45) is 0 Å². The minimum atomic E-state index is -0.922. The molecule has 180 valence electrons. The van der Waals surface area contributed by atoms with Crippen LogP contribution in [0.5, 0.6) is 5.75 Å². The number of anilines is 3. The lowest BCUT2D eigenvalue weighted by atomic mass is 10.1. The number of carbonyl (C=O) groups is 1. The zero-order valence-corrected chi connectivity index (χ0v) is 19.7. The van der Waals surface area contributed by atoms with E-state index in [-0.39, 0.29) is 18.8 Å². The smallest absolute Gasteiger partial charge is 0.330 e. The molecule has 0 radical (unpaired) electrons. The van der Waals surface area contributed by atoms with Gasteiger partial charge < -0.3 is 15.0 Å². The van der Waals surface area contributed by atoms with Crippen LogP contribution in [-0.2, 0) is 6.54 Å². The van der Waals surface area contributed by atoms with Crippen LogP contribution in [0.15, 0.2) is 18.3 Å². The standard InChI is InChI=1S/C23H32F2N6O2/c1-5-29(6-2)13-9-8-12-26-22-27-14-16-15-31(23(32)30(7-3)21(16)28-22)20-17(24)10-11-18(33-4)19(20)25/h10-11,14H,5-9,12-13,15H2,1-4H3,(H,26,27,28). The minimum absolute atomic E-state index is 0.0458. The Kier molecular flexibility index (Phi) is 8.37. The van der Waals surface area contributed by atoms with E-state index in [1.807, 2.05) is 0 Å². The van der Waals surface area contributed by atoms with Gasteiger partial charge in [0.15, 0.2) is 11.6 Å². The number of amides is 2. The van der Waals surface area contributed by atoms with Gasteiger partial charge in [0.05, 0.1) is 13.7 Å². The summed E-state index contributed by atoms with van der Waals surface area (Å²) in [5.41, 5.74) is 0.156. The Balaban J connectivity index is 1.75. The first-order valence-electron chi connectivity index (χ1n) is 11.4. The number of ether oxygens (including phenoxy) is 1. The first-order chi connectivity index (χ1) is 15.9. The second-order valence-electron chi connectivity index (χ2n) is 7.73. The molecule has 1 aromatic heterocycles. The first-order valence-corrected chi connectivity index (χ1v) is 11.4. The van der Waals surface area contributed by atoms with E-state index in [9.17, 15) is 13.6 Å². The summed E-state index contributed by atoms with van der Waals surface area (Å²) in [5, 5.41) is 3.21. The number of urea groups is 1. The molecule has 3 rings (SSSR count). The fourth-order valence-corrected chi connectivity index (χ4v) is 3.89. The van der Waals surface area contributed by atoms with Gasteiger partial charge in [-0.05, 0) is 51.5 Å². The van der Waals surface area contributed by atoms with Gasteiger partial charge in [-0.1, -0.05) is 13.8 Å². The number of carbonyl (C=O) groups excluding carboxylic acids is 1. The van der Waals surface area contributed by atoms with Crippen LogP contribution in [0.25, 0.3) is 0 Å². The highest BCUT2D eigenvalue weighted by molar-refractivity contribution is 6.05. The lowest BCUT2D eigenvalue weighted by molar-refractivity contribution is 0.249. The number of fused-ring (bicyclic) bond motifs is 1. The predicted octanol–water partition coefficient (Wildman–Crippen LogP) is 4.26. The molecule has 1 aliphatic heterocycles. The lowest BCUT2D eigenvalue weighted by Crippen LogP contribution is -2.48. The minimum Gasteiger partial charge on any atom is -0.494 e. The number of benzene rings is 1. The van der Waals surface area contributed by atoms with Crippen LogP contribution < -0.4 is 19.9 Å². The largest absolute Gasteiger partial charge is 0.494 e. The predicted molar refractivity (Wildman–Crippen MR) is 125 cm³/mol. The van der Waals surface area contributed by atoms with Crippen LogP contribution >= 0.6 is 0 Å². The Hall–Kier alpha value is -3.01. The van der Waals surface area contributed by atoms with E-state index in [0.717, 1.165) is 43.4 Å². The quantitative estimate of drug-likeness (QED) is 0.503. The maximum atomic E-state index is 14.8. The number of rotatable bonds is 11. The molecule has 2 aromatic rings. The van der Waals surface area contributed by atoms with Gasteiger partial charge in [0, 0.05) is 24.8 Å². The Morgan fingerprint density at radius 3 is 2.61 bits per heavy atom. The van der Waals surface area contributed by atoms with Gasteiger partial charge in [-0.3, -0.25) is 9.80 Å². The number of hydrogen-bond donors (Lipinski definition) is 1. The molecular weight excluding hydrogens is 430 g/mol. The SMILES string of the molecule is CCN(CC)CCCCNc1ncc2c(n1)N(CC)C(=O)N(c1c(F)ccc(OC)c1F)C2. The number of aromatic nitrogens is 2. The summed E-state index contributed by atoms with van der Waals surface area (Å²) in [5.74, 6) is -1.03. The maximum Gasteiger partial charge on any atom is 0.330 e. The Labute approximate surface area is 193 Å². The van der Waals surface area contributed by atoms with Crippen molar-refractivity contribution in [3.63, 3.8) is 0 Å². The molecule has 1 aromatic carbocycles. The number of halogens is 2. The van der Waals surface area contributed by atoms with Gasteiger partial charge in [-0.25, -0.2) is 18.6 Å². The molecule has 8 nitrogen and oxygen atoms in total. The van der Waals surface area contributed by atoms with Gasteiger partial charge in [0.25, 0.3) is 0 Å². The molecule has 2 amide bonds. The molecule has 1 aliphatic rings. The zero-order valence-electron chi connectivity index (χ0n) is 19.7. The average molecular weight is 463 g/mol. The normalized spacial score (nSPS) is 13.5. The number of hydrogen-bond acceptors (Lipinski definition) is 6. The molecule has 1 N–H and O–H groups in total. The molecule has 0 bridgehead atoms. The summed E-state index contributed by atoms with van der Waals surface area (Å²) in [6.45, 7) is 10.2. The van der Waals surface area contributed by atoms with Gasteiger partial charge >= 0.3 is 6.03 Å². The molecule has 0 aliphatic carbocycles. The first kappa shape index (κ1) is 24.6. The van der Waals surface area contributed by atoms with Gasteiger partial charge in [-0.15, -0.1) is 0 Å². The Morgan fingerprint density at radius 2 is 1.94 bits per heavy atom. The van der Waals surface area contributed by atoms with Crippen LogP contribution in [-0.4, -0.2) is 60.7 Å². The molecule has 2 heterocycles. The molecule has 0 atom stereocenters. The van der Waals surface area contributed by atoms with Crippen molar-refractivity contribution < 1.29 is 18.3 Å². The van der Waals surface area contributed by atoms with E-state index in [1.54, 1.807) is 13.1 Å². The van der Waals surface area contributed by atoms with Crippen molar-refractivity contribution in [2.45, 2.75) is 40.2 Å². The van der Waals surface area contributed by atoms with E-state index < -0.39 is 23.4 Å². The summed E-state index contributed by atoms with van der Waals surface area (Å²) < 4.78 is 34.3. The Bertz CT molecular complexity index is 970. The zero-order chi connectivity index (χ0) is 24.0. The summed E-state index contributed by atoms with van der Waals surface area (Å²) >= 11 is 0. The lowest BCUT2D eigenvalue weighted by Gasteiger charge is -2.35. The molecular formula is C23H32F2N6O2. The maximum absolute atomic E-state index is 14.8. The van der Waals surface area contributed by atoms with Crippen LogP contribution in [0, 0.1) is 11.6 Å². The monoisotopic (exact) mass is 462 g/mol. The number of nitrogens with one attached hydrogen (secondary N) is 1. The second kappa shape index (κ2) is 11.2. The molecule has 0 saturated heterocycles. The van der Waals surface area contributed by atoms with Crippen LogP contribution in [0.1, 0.15) is 39.2 Å². The number of methoxy groups -OCH3 is 1. The molecule has 0 fully saturated rings.